The molecule has 0 unspecified atom stereocenters. The fraction of sp³-hybridized carbons (Fsp3) is 0.211. The van der Waals surface area contributed by atoms with Gasteiger partial charge in [0.15, 0.2) is 6.61 Å². The molecule has 0 aliphatic carbocycles. The van der Waals surface area contributed by atoms with E-state index in [9.17, 15) is 18.0 Å². The van der Waals surface area contributed by atoms with Crippen LogP contribution in [0.4, 0.5) is 18.9 Å². The first kappa shape index (κ1) is 21.5. The largest absolute Gasteiger partial charge is 0.497 e. The number of anilines is 1. The van der Waals surface area contributed by atoms with Crippen molar-refractivity contribution in [2.45, 2.75) is 18.0 Å². The molecule has 0 spiro atoms. The summed E-state index contributed by atoms with van der Waals surface area (Å²) in [5, 5.41) is 9.93. The fourth-order valence-electron chi connectivity index (χ4n) is 2.32. The number of nitrogens with one attached hydrogen (secondary N) is 1. The van der Waals surface area contributed by atoms with Gasteiger partial charge in [-0.15, -0.1) is 10.2 Å². The number of rotatable bonds is 8. The Morgan fingerprint density at radius 1 is 1.10 bits per heavy atom. The van der Waals surface area contributed by atoms with Crippen LogP contribution in [0.5, 0.6) is 11.5 Å². The van der Waals surface area contributed by atoms with Crippen molar-refractivity contribution in [1.82, 2.24) is 10.2 Å². The van der Waals surface area contributed by atoms with Crippen molar-refractivity contribution in [3.05, 3.63) is 60.0 Å². The van der Waals surface area contributed by atoms with Crippen LogP contribution in [0.15, 0.2) is 58.2 Å². The molecule has 0 saturated heterocycles. The molecule has 1 N–H and O–H groups in total. The summed E-state index contributed by atoms with van der Waals surface area (Å²) in [4.78, 5) is 12.0. The molecule has 0 aliphatic rings. The van der Waals surface area contributed by atoms with Crippen LogP contribution < -0.4 is 14.8 Å². The molecule has 1 heterocycles. The maximum Gasteiger partial charge on any atom is 0.418 e. The highest BCUT2D eigenvalue weighted by molar-refractivity contribution is 7.99. The predicted molar refractivity (Wildman–Crippen MR) is 102 cm³/mol. The van der Waals surface area contributed by atoms with Crippen molar-refractivity contribution in [1.29, 1.82) is 0 Å². The molecular formula is C19H16F3N3O4S. The maximum absolute atomic E-state index is 13.0. The zero-order valence-corrected chi connectivity index (χ0v) is 16.4. The molecule has 0 radical (unpaired) electrons. The molecule has 3 rings (SSSR count). The van der Waals surface area contributed by atoms with Gasteiger partial charge in [0, 0.05) is 0 Å². The van der Waals surface area contributed by atoms with Gasteiger partial charge in [-0.05, 0) is 36.4 Å². The van der Waals surface area contributed by atoms with E-state index >= 15 is 0 Å². The molecule has 3 aromatic rings. The van der Waals surface area contributed by atoms with Gasteiger partial charge in [-0.2, -0.15) is 13.2 Å². The lowest BCUT2D eigenvalue weighted by atomic mass is 10.1. The minimum atomic E-state index is -4.57. The van der Waals surface area contributed by atoms with E-state index in [0.717, 1.165) is 17.8 Å². The number of halogens is 3. The second-order valence-corrected chi connectivity index (χ2v) is 6.73. The number of para-hydroxylation sites is 1. The van der Waals surface area contributed by atoms with Gasteiger partial charge in [-0.3, -0.25) is 4.79 Å². The van der Waals surface area contributed by atoms with Crippen molar-refractivity contribution >= 4 is 23.4 Å². The Bertz CT molecular complexity index is 993. The predicted octanol–water partition coefficient (Wildman–Crippen LogP) is 4.41. The number of hydrogen-bond acceptors (Lipinski definition) is 7. The molecular weight excluding hydrogens is 423 g/mol. The van der Waals surface area contributed by atoms with Crippen molar-refractivity contribution in [2.75, 3.05) is 18.2 Å². The monoisotopic (exact) mass is 439 g/mol. The molecule has 0 bridgehead atoms. The first-order valence-corrected chi connectivity index (χ1v) is 9.52. The number of carbonyl (C=O) groups excluding carboxylic acids is 1. The second kappa shape index (κ2) is 9.53. The van der Waals surface area contributed by atoms with E-state index in [-0.39, 0.29) is 29.2 Å². The van der Waals surface area contributed by atoms with E-state index in [4.69, 9.17) is 13.9 Å². The summed E-state index contributed by atoms with van der Waals surface area (Å²) in [5.74, 6) is 0.621. The standard InChI is InChI=1S/C19H16F3N3O4S/c1-27-12-6-8-13(9-7-12)28-10-17-24-25-18(29-17)30-11-16(26)23-15-5-3-2-4-14(15)19(20,21)22/h2-9H,10-11H2,1H3,(H,23,26). The van der Waals surface area contributed by atoms with Gasteiger partial charge in [0.25, 0.3) is 11.1 Å². The lowest BCUT2D eigenvalue weighted by molar-refractivity contribution is -0.137. The Kier molecular flexibility index (Phi) is 6.83. The number of ether oxygens (including phenoxy) is 2. The number of carbonyl (C=O) groups is 1. The third kappa shape index (κ3) is 5.89. The van der Waals surface area contributed by atoms with Gasteiger partial charge in [-0.25, -0.2) is 0 Å². The number of thioether (sulfide) groups is 1. The first-order valence-electron chi connectivity index (χ1n) is 8.53. The molecule has 11 heteroatoms. The van der Waals surface area contributed by atoms with Gasteiger partial charge >= 0.3 is 6.18 Å². The summed E-state index contributed by atoms with van der Waals surface area (Å²) in [6.07, 6.45) is -4.57. The third-order valence-corrected chi connectivity index (χ3v) is 4.52. The first-order chi connectivity index (χ1) is 14.3. The summed E-state index contributed by atoms with van der Waals surface area (Å²) in [6.45, 7) is 0.0189. The summed E-state index contributed by atoms with van der Waals surface area (Å²) >= 11 is 0.903. The second-order valence-electron chi connectivity index (χ2n) is 5.81. The molecule has 7 nitrogen and oxygen atoms in total. The minimum Gasteiger partial charge on any atom is -0.497 e. The molecule has 0 aliphatic heterocycles. The maximum atomic E-state index is 13.0. The lowest BCUT2D eigenvalue weighted by Gasteiger charge is -2.13. The van der Waals surface area contributed by atoms with E-state index in [2.05, 4.69) is 15.5 Å². The summed E-state index contributed by atoms with van der Waals surface area (Å²) in [5.41, 5.74) is -1.23. The highest BCUT2D eigenvalue weighted by Gasteiger charge is 2.33. The van der Waals surface area contributed by atoms with Gasteiger partial charge in [-0.1, -0.05) is 23.9 Å². The number of methoxy groups -OCH3 is 1. The fourth-order valence-corrected chi connectivity index (χ4v) is 2.91. The Morgan fingerprint density at radius 2 is 1.80 bits per heavy atom. The van der Waals surface area contributed by atoms with Crippen molar-refractivity contribution < 1.29 is 31.9 Å². The van der Waals surface area contributed by atoms with Crippen LogP contribution in [-0.4, -0.2) is 29.0 Å². The van der Waals surface area contributed by atoms with Gasteiger partial charge in [0.2, 0.25) is 5.91 Å². The van der Waals surface area contributed by atoms with E-state index in [1.807, 2.05) is 0 Å². The molecule has 158 valence electrons. The number of nitrogens with zero attached hydrogens (tertiary/aromatic N) is 2. The zero-order chi connectivity index (χ0) is 21.6. The van der Waals surface area contributed by atoms with Crippen molar-refractivity contribution in [2.24, 2.45) is 0 Å². The average molecular weight is 439 g/mol. The highest BCUT2D eigenvalue weighted by atomic mass is 32.2. The molecule has 1 amide bonds. The molecule has 0 fully saturated rings. The Labute approximate surface area is 173 Å². The Hall–Kier alpha value is -3.21. The molecule has 30 heavy (non-hydrogen) atoms. The minimum absolute atomic E-state index is 0.0189. The van der Waals surface area contributed by atoms with E-state index in [0.29, 0.717) is 11.5 Å². The van der Waals surface area contributed by atoms with Crippen LogP contribution in [-0.2, 0) is 17.6 Å². The molecule has 0 saturated carbocycles. The Morgan fingerprint density at radius 3 is 2.50 bits per heavy atom. The van der Waals surface area contributed by atoms with Crippen LogP contribution >= 0.6 is 11.8 Å². The van der Waals surface area contributed by atoms with E-state index in [1.165, 1.54) is 18.2 Å². The normalized spacial score (nSPS) is 11.2. The quantitative estimate of drug-likeness (QED) is 0.521. The van der Waals surface area contributed by atoms with Crippen molar-refractivity contribution in [3.63, 3.8) is 0 Å². The van der Waals surface area contributed by atoms with Gasteiger partial charge < -0.3 is 19.2 Å². The van der Waals surface area contributed by atoms with E-state index < -0.39 is 17.6 Å². The van der Waals surface area contributed by atoms with Crippen molar-refractivity contribution in [3.8, 4) is 11.5 Å². The lowest BCUT2D eigenvalue weighted by Crippen LogP contribution is -2.18. The molecule has 2 aromatic carbocycles. The van der Waals surface area contributed by atoms with Crippen LogP contribution in [0.25, 0.3) is 0 Å². The summed E-state index contributed by atoms with van der Waals surface area (Å²) < 4.78 is 54.9. The van der Waals surface area contributed by atoms with Gasteiger partial charge in [0.05, 0.1) is 24.1 Å². The number of amides is 1. The number of hydrogen-bond donors (Lipinski definition) is 1. The number of benzene rings is 2. The number of aromatic nitrogens is 2. The van der Waals surface area contributed by atoms with Crippen LogP contribution in [0, 0.1) is 0 Å². The number of alkyl halides is 3. The van der Waals surface area contributed by atoms with Crippen LogP contribution in [0.1, 0.15) is 11.5 Å². The average Bonchev–Trinajstić information content (AvgIpc) is 3.19. The van der Waals surface area contributed by atoms with E-state index in [1.54, 1.807) is 31.4 Å². The SMILES string of the molecule is COc1ccc(OCc2nnc(SCC(=O)Nc3ccccc3C(F)(F)F)o2)cc1. The molecule has 0 atom stereocenters. The smallest absolute Gasteiger partial charge is 0.418 e. The van der Waals surface area contributed by atoms with Crippen LogP contribution in [0.3, 0.4) is 0 Å². The Balaban J connectivity index is 1.50. The molecule has 1 aromatic heterocycles. The van der Waals surface area contributed by atoms with Gasteiger partial charge in [0.1, 0.15) is 11.5 Å². The van der Waals surface area contributed by atoms with Crippen LogP contribution in [0.2, 0.25) is 0 Å². The topological polar surface area (TPSA) is 86.5 Å². The highest BCUT2D eigenvalue weighted by Crippen LogP contribution is 2.34. The summed E-state index contributed by atoms with van der Waals surface area (Å²) in [6, 6.07) is 11.6. The summed E-state index contributed by atoms with van der Waals surface area (Å²) in [7, 11) is 1.56. The third-order valence-electron chi connectivity index (χ3n) is 3.70. The zero-order valence-electron chi connectivity index (χ0n) is 15.6.